The topological polar surface area (TPSA) is 51.8 Å². The molecule has 2 N–H and O–H groups in total. The predicted octanol–water partition coefficient (Wildman–Crippen LogP) is -2.44. The van der Waals surface area contributed by atoms with E-state index in [0.29, 0.717) is 5.95 Å². The fourth-order valence-corrected chi connectivity index (χ4v) is 2.80. The standard InChI is InChI=1S/C7H11IN3/c1-4-6(8-3)5(2)11-7(9)10-4/h1-3H3,(H2,9,10,11)/q-1. The number of nitrogens with two attached hydrogens (primary N) is 1. The number of anilines is 1. The summed E-state index contributed by atoms with van der Waals surface area (Å²) >= 11 is 0.0726. The first-order valence-electron chi connectivity index (χ1n) is 3.25. The third kappa shape index (κ3) is 1.79. The van der Waals surface area contributed by atoms with Crippen molar-refractivity contribution < 1.29 is 21.2 Å². The van der Waals surface area contributed by atoms with Crippen LogP contribution in [-0.4, -0.2) is 14.9 Å². The molecule has 4 heteroatoms. The zero-order valence-corrected chi connectivity index (χ0v) is 9.01. The number of hydrogen-bond acceptors (Lipinski definition) is 3. The fourth-order valence-electron chi connectivity index (χ4n) is 1.00. The molecule has 11 heavy (non-hydrogen) atoms. The van der Waals surface area contributed by atoms with E-state index >= 15 is 0 Å². The summed E-state index contributed by atoms with van der Waals surface area (Å²) in [6, 6.07) is 0. The maximum atomic E-state index is 5.47. The van der Waals surface area contributed by atoms with Crippen LogP contribution in [-0.2, 0) is 0 Å². The fraction of sp³-hybridized carbons (Fsp3) is 0.429. The Morgan fingerprint density at radius 3 is 2.00 bits per heavy atom. The number of aryl methyl sites for hydroxylation is 2. The van der Waals surface area contributed by atoms with E-state index in [-0.39, 0.29) is 21.2 Å². The molecule has 0 spiro atoms. The van der Waals surface area contributed by atoms with Crippen LogP contribution in [0.4, 0.5) is 5.95 Å². The van der Waals surface area contributed by atoms with Crippen molar-refractivity contribution in [2.45, 2.75) is 13.8 Å². The van der Waals surface area contributed by atoms with Crippen LogP contribution in [0, 0.1) is 17.4 Å². The molecule has 0 bridgehead atoms. The van der Waals surface area contributed by atoms with Crippen molar-refractivity contribution >= 4 is 5.95 Å². The van der Waals surface area contributed by atoms with Gasteiger partial charge in [0.1, 0.15) is 0 Å². The van der Waals surface area contributed by atoms with Gasteiger partial charge in [0.15, 0.2) is 0 Å². The third-order valence-electron chi connectivity index (χ3n) is 1.39. The van der Waals surface area contributed by atoms with Gasteiger partial charge in [0.05, 0.1) is 0 Å². The second-order valence-corrected chi connectivity index (χ2v) is 4.41. The zero-order valence-electron chi connectivity index (χ0n) is 6.85. The molecule has 0 radical (unpaired) electrons. The second-order valence-electron chi connectivity index (χ2n) is 2.26. The Morgan fingerprint density at radius 2 is 1.64 bits per heavy atom. The van der Waals surface area contributed by atoms with Crippen molar-refractivity contribution in [3.63, 3.8) is 0 Å². The van der Waals surface area contributed by atoms with Gasteiger partial charge in [0, 0.05) is 0 Å². The molecule has 62 valence electrons. The van der Waals surface area contributed by atoms with Gasteiger partial charge in [0.2, 0.25) is 0 Å². The molecule has 0 aliphatic carbocycles. The Morgan fingerprint density at radius 1 is 1.18 bits per heavy atom. The van der Waals surface area contributed by atoms with E-state index in [1.165, 1.54) is 3.57 Å². The molecule has 1 aromatic rings. The molecule has 0 fully saturated rings. The Kier molecular flexibility index (Phi) is 2.64. The summed E-state index contributed by atoms with van der Waals surface area (Å²) in [6.07, 6.45) is 0. The van der Waals surface area contributed by atoms with Gasteiger partial charge in [-0.2, -0.15) is 0 Å². The molecular weight excluding hydrogens is 253 g/mol. The molecule has 1 rings (SSSR count). The van der Waals surface area contributed by atoms with Gasteiger partial charge in [-0.25, -0.2) is 0 Å². The number of halogens is 1. The van der Waals surface area contributed by atoms with Gasteiger partial charge < -0.3 is 0 Å². The van der Waals surface area contributed by atoms with Gasteiger partial charge in [-0.15, -0.1) is 0 Å². The Labute approximate surface area is 76.7 Å². The first-order chi connectivity index (χ1) is 5.15. The van der Waals surface area contributed by atoms with E-state index in [0.717, 1.165) is 11.4 Å². The predicted molar refractivity (Wildman–Crippen MR) is 40.5 cm³/mol. The molecule has 1 heterocycles. The van der Waals surface area contributed by atoms with E-state index in [9.17, 15) is 0 Å². The molecule has 0 saturated heterocycles. The van der Waals surface area contributed by atoms with Crippen LogP contribution in [0.3, 0.4) is 0 Å². The average molecular weight is 264 g/mol. The van der Waals surface area contributed by atoms with Gasteiger partial charge >= 0.3 is 76.6 Å². The number of alkyl halides is 1. The van der Waals surface area contributed by atoms with Crippen LogP contribution in [0.1, 0.15) is 11.4 Å². The molecule has 3 nitrogen and oxygen atoms in total. The van der Waals surface area contributed by atoms with Gasteiger partial charge in [-0.1, -0.05) is 0 Å². The molecule has 0 aliphatic rings. The summed E-state index contributed by atoms with van der Waals surface area (Å²) in [5, 5.41) is 0. The second kappa shape index (κ2) is 3.34. The van der Waals surface area contributed by atoms with E-state index in [1.54, 1.807) is 0 Å². The summed E-state index contributed by atoms with van der Waals surface area (Å²) in [7, 11) is 0. The first-order valence-corrected chi connectivity index (χ1v) is 6.49. The van der Waals surface area contributed by atoms with Crippen LogP contribution in [0.2, 0.25) is 0 Å². The maximum absolute atomic E-state index is 5.47. The minimum atomic E-state index is 0.0726. The molecule has 0 saturated carbocycles. The normalized spacial score (nSPS) is 10.5. The van der Waals surface area contributed by atoms with Crippen LogP contribution in [0.15, 0.2) is 0 Å². The van der Waals surface area contributed by atoms with Gasteiger partial charge in [-0.05, 0) is 0 Å². The quantitative estimate of drug-likeness (QED) is 0.453. The number of aromatic nitrogens is 2. The number of hydrogen-bond donors (Lipinski definition) is 1. The van der Waals surface area contributed by atoms with Gasteiger partial charge in [-0.3, -0.25) is 0 Å². The summed E-state index contributed by atoms with van der Waals surface area (Å²) < 4.78 is 1.32. The van der Waals surface area contributed by atoms with Crippen LogP contribution < -0.4 is 26.9 Å². The van der Waals surface area contributed by atoms with Gasteiger partial charge in [0.25, 0.3) is 0 Å². The Balaban J connectivity index is 3.25. The van der Waals surface area contributed by atoms with E-state index in [2.05, 4.69) is 14.9 Å². The van der Waals surface area contributed by atoms with Crippen molar-refractivity contribution in [1.29, 1.82) is 0 Å². The van der Waals surface area contributed by atoms with Crippen molar-refractivity contribution in [1.82, 2.24) is 9.97 Å². The summed E-state index contributed by atoms with van der Waals surface area (Å²) in [5.41, 5.74) is 7.57. The van der Waals surface area contributed by atoms with Crippen LogP contribution >= 0.6 is 0 Å². The van der Waals surface area contributed by atoms with Crippen molar-refractivity contribution in [2.75, 3.05) is 10.7 Å². The number of rotatable bonds is 1. The monoisotopic (exact) mass is 264 g/mol. The molecule has 1 aromatic heterocycles. The van der Waals surface area contributed by atoms with Crippen LogP contribution in [0.25, 0.3) is 0 Å². The third-order valence-corrected chi connectivity index (χ3v) is 4.03. The summed E-state index contributed by atoms with van der Waals surface area (Å²) in [6.45, 7) is 3.98. The van der Waals surface area contributed by atoms with Crippen LogP contribution in [0.5, 0.6) is 0 Å². The van der Waals surface area contributed by atoms with E-state index < -0.39 is 0 Å². The van der Waals surface area contributed by atoms with Crippen molar-refractivity contribution in [3.8, 4) is 0 Å². The molecular formula is C7H11IN3-. The van der Waals surface area contributed by atoms with Crippen molar-refractivity contribution in [3.05, 3.63) is 15.0 Å². The SMILES string of the molecule is C[I-]c1c(C)nc(N)nc1C. The zero-order chi connectivity index (χ0) is 8.43. The molecule has 0 aromatic carbocycles. The molecule has 0 aliphatic heterocycles. The van der Waals surface area contributed by atoms with Crippen molar-refractivity contribution in [2.24, 2.45) is 0 Å². The Bertz CT molecular complexity index is 249. The first kappa shape index (κ1) is 8.70. The number of nitrogens with zero attached hydrogens (tertiary/aromatic N) is 2. The van der Waals surface area contributed by atoms with E-state index in [4.69, 9.17) is 5.73 Å². The van der Waals surface area contributed by atoms with E-state index in [1.807, 2.05) is 13.8 Å². The number of nitrogen functional groups attached to an aromatic ring is 1. The summed E-state index contributed by atoms with van der Waals surface area (Å²) in [5.74, 6) is 0.390. The molecule has 0 amide bonds. The molecule has 0 unspecified atom stereocenters. The average Bonchev–Trinajstić information content (AvgIpc) is 1.85. The summed E-state index contributed by atoms with van der Waals surface area (Å²) in [4.78, 5) is 10.4. The molecule has 0 atom stereocenters. The Hall–Kier alpha value is -0.390. The minimum absolute atomic E-state index is 0.0726.